The number of fused-ring (bicyclic) bond motifs is 1. The van der Waals surface area contributed by atoms with Crippen molar-refractivity contribution in [3.8, 4) is 0 Å². The second kappa shape index (κ2) is 7.22. The number of nitrogens with zero attached hydrogens (tertiary/aromatic N) is 3. The zero-order valence-electron chi connectivity index (χ0n) is 15.4. The Morgan fingerprint density at radius 1 is 1.12 bits per heavy atom. The molecular weight excluding hydrogens is 364 g/mol. The Morgan fingerprint density at radius 3 is 2.31 bits per heavy atom. The highest BCUT2D eigenvalue weighted by Gasteiger charge is 2.44. The number of nitrogens with two attached hydrogens (primary N) is 1. The maximum absolute atomic E-state index is 6.32. The molecule has 1 aliphatic rings. The molecule has 138 valence electrons. The fourth-order valence-electron chi connectivity index (χ4n) is 3.69. The van der Waals surface area contributed by atoms with Gasteiger partial charge in [-0.3, -0.25) is 4.40 Å². The summed E-state index contributed by atoms with van der Waals surface area (Å²) in [6.45, 7) is 3.99. The fraction of sp³-hybridized carbons (Fsp3) is 0.400. The van der Waals surface area contributed by atoms with E-state index in [-0.39, 0.29) is 5.41 Å². The molecule has 4 rings (SSSR count). The molecule has 0 amide bonds. The van der Waals surface area contributed by atoms with Gasteiger partial charge in [0.25, 0.3) is 0 Å². The Kier molecular flexibility index (Phi) is 5.33. The summed E-state index contributed by atoms with van der Waals surface area (Å²) in [4.78, 5) is 0. The van der Waals surface area contributed by atoms with E-state index in [0.29, 0.717) is 0 Å². The Labute approximate surface area is 165 Å². The molecule has 2 heterocycles. The third-order valence-electron chi connectivity index (χ3n) is 5.16. The van der Waals surface area contributed by atoms with E-state index in [1.54, 1.807) is 6.26 Å². The molecule has 0 spiro atoms. The molecule has 4 nitrogen and oxygen atoms in total. The molecule has 6 heteroatoms. The van der Waals surface area contributed by atoms with Crippen LogP contribution in [0.3, 0.4) is 0 Å². The largest absolute Gasteiger partial charge is 0.322 e. The smallest absolute Gasteiger partial charge is 0.165 e. The van der Waals surface area contributed by atoms with E-state index >= 15 is 0 Å². The molecule has 0 aliphatic heterocycles. The molecule has 1 aliphatic carbocycles. The summed E-state index contributed by atoms with van der Waals surface area (Å²) < 4.78 is 2.11. The monoisotopic (exact) mass is 388 g/mol. The highest BCUT2D eigenvalue weighted by atomic mass is 35.5. The summed E-state index contributed by atoms with van der Waals surface area (Å²) in [5, 5.41) is 9.83. The van der Waals surface area contributed by atoms with Gasteiger partial charge >= 0.3 is 0 Å². The number of rotatable bonds is 3. The standard InChI is InChI=1S/C19H21ClN4.CH4S/c1-18(2,21)15-5-3-12-24-16(15)22-23-17(24)19(10-4-11-19)13-6-8-14(20)9-7-13;1-2/h3,5-9,12H,4,10-11,21H2,1-2H3;2H,1H3. The van der Waals surface area contributed by atoms with E-state index in [9.17, 15) is 0 Å². The number of thiol groups is 1. The molecule has 3 aromatic rings. The van der Waals surface area contributed by atoms with E-state index in [1.165, 1.54) is 12.0 Å². The second-order valence-electron chi connectivity index (χ2n) is 7.30. The number of hydrogen-bond acceptors (Lipinski definition) is 4. The van der Waals surface area contributed by atoms with E-state index in [2.05, 4.69) is 39.4 Å². The normalized spacial score (nSPS) is 15.9. The lowest BCUT2D eigenvalue weighted by molar-refractivity contribution is 0.283. The molecule has 1 saturated carbocycles. The number of benzene rings is 1. The summed E-state index contributed by atoms with van der Waals surface area (Å²) in [5.74, 6) is 0.997. The Bertz CT molecular complexity index is 892. The third-order valence-corrected chi connectivity index (χ3v) is 5.41. The van der Waals surface area contributed by atoms with Crippen molar-refractivity contribution in [1.82, 2.24) is 14.6 Å². The molecule has 1 aromatic carbocycles. The van der Waals surface area contributed by atoms with Crippen LogP contribution in [0.25, 0.3) is 5.65 Å². The number of halogens is 1. The van der Waals surface area contributed by atoms with Crippen LogP contribution in [0.2, 0.25) is 5.02 Å². The number of aromatic nitrogens is 3. The highest BCUT2D eigenvalue weighted by Crippen LogP contribution is 2.48. The van der Waals surface area contributed by atoms with Crippen molar-refractivity contribution in [2.75, 3.05) is 6.26 Å². The lowest BCUT2D eigenvalue weighted by atomic mass is 9.64. The van der Waals surface area contributed by atoms with Crippen LogP contribution in [0, 0.1) is 0 Å². The summed E-state index contributed by atoms with van der Waals surface area (Å²) in [5.41, 5.74) is 8.89. The Morgan fingerprint density at radius 2 is 1.77 bits per heavy atom. The van der Waals surface area contributed by atoms with Gasteiger partial charge in [0.2, 0.25) is 0 Å². The summed E-state index contributed by atoms with van der Waals surface area (Å²) in [6.07, 6.45) is 7.08. The molecule has 0 atom stereocenters. The molecular formula is C20H25ClN4S. The number of pyridine rings is 1. The van der Waals surface area contributed by atoms with E-state index in [1.807, 2.05) is 44.3 Å². The average molecular weight is 389 g/mol. The van der Waals surface area contributed by atoms with Crippen LogP contribution in [-0.4, -0.2) is 20.9 Å². The second-order valence-corrected chi connectivity index (χ2v) is 7.74. The van der Waals surface area contributed by atoms with Crippen LogP contribution in [0.5, 0.6) is 0 Å². The van der Waals surface area contributed by atoms with Gasteiger partial charge in [-0.05, 0) is 56.7 Å². The Hall–Kier alpha value is -1.56. The molecule has 26 heavy (non-hydrogen) atoms. The first-order valence-corrected chi connectivity index (χ1v) is 10.0. The van der Waals surface area contributed by atoms with Crippen LogP contribution >= 0.6 is 24.2 Å². The van der Waals surface area contributed by atoms with Gasteiger partial charge in [-0.1, -0.05) is 36.2 Å². The van der Waals surface area contributed by atoms with Crippen molar-refractivity contribution in [3.05, 3.63) is 64.6 Å². The fourth-order valence-corrected chi connectivity index (χ4v) is 3.81. The van der Waals surface area contributed by atoms with Crippen molar-refractivity contribution >= 4 is 29.9 Å². The quantitative estimate of drug-likeness (QED) is 0.645. The highest BCUT2D eigenvalue weighted by molar-refractivity contribution is 7.79. The van der Waals surface area contributed by atoms with Crippen molar-refractivity contribution in [2.45, 2.75) is 44.1 Å². The van der Waals surface area contributed by atoms with E-state index in [4.69, 9.17) is 17.3 Å². The molecule has 0 radical (unpaired) electrons. The van der Waals surface area contributed by atoms with Crippen molar-refractivity contribution in [1.29, 1.82) is 0 Å². The predicted octanol–water partition coefficient (Wildman–Crippen LogP) is 4.59. The average Bonchev–Trinajstić information content (AvgIpc) is 3.01. The molecule has 2 aromatic heterocycles. The van der Waals surface area contributed by atoms with Crippen LogP contribution < -0.4 is 5.73 Å². The van der Waals surface area contributed by atoms with Crippen LogP contribution in [0.15, 0.2) is 42.6 Å². The summed E-state index contributed by atoms with van der Waals surface area (Å²) >= 11 is 9.59. The minimum absolute atomic E-state index is 0.0820. The topological polar surface area (TPSA) is 56.2 Å². The zero-order valence-corrected chi connectivity index (χ0v) is 17.1. The van der Waals surface area contributed by atoms with Crippen molar-refractivity contribution < 1.29 is 0 Å². The summed E-state index contributed by atoms with van der Waals surface area (Å²) in [6, 6.07) is 12.2. The van der Waals surface area contributed by atoms with Gasteiger partial charge in [-0.15, -0.1) is 10.2 Å². The predicted molar refractivity (Wildman–Crippen MR) is 111 cm³/mol. The van der Waals surface area contributed by atoms with Gasteiger partial charge in [0, 0.05) is 22.3 Å². The maximum atomic E-state index is 6.32. The van der Waals surface area contributed by atoms with Gasteiger partial charge < -0.3 is 5.73 Å². The van der Waals surface area contributed by atoms with Gasteiger partial charge in [0.15, 0.2) is 5.65 Å². The first-order valence-electron chi connectivity index (χ1n) is 8.76. The molecule has 1 fully saturated rings. The van der Waals surface area contributed by atoms with Gasteiger partial charge in [-0.25, -0.2) is 0 Å². The first-order chi connectivity index (χ1) is 12.4. The van der Waals surface area contributed by atoms with Gasteiger partial charge in [0.1, 0.15) is 5.82 Å². The first kappa shape index (κ1) is 19.2. The minimum Gasteiger partial charge on any atom is -0.322 e. The van der Waals surface area contributed by atoms with Crippen molar-refractivity contribution in [3.63, 3.8) is 0 Å². The lowest BCUT2D eigenvalue weighted by Gasteiger charge is -2.41. The molecule has 0 bridgehead atoms. The maximum Gasteiger partial charge on any atom is 0.165 e. The lowest BCUT2D eigenvalue weighted by Crippen LogP contribution is -2.37. The third kappa shape index (κ3) is 3.13. The van der Waals surface area contributed by atoms with Gasteiger partial charge in [0.05, 0.1) is 5.41 Å². The van der Waals surface area contributed by atoms with Crippen LogP contribution in [-0.2, 0) is 11.0 Å². The molecule has 0 saturated heterocycles. The summed E-state index contributed by atoms with van der Waals surface area (Å²) in [7, 11) is 0. The minimum atomic E-state index is -0.458. The van der Waals surface area contributed by atoms with Gasteiger partial charge in [-0.2, -0.15) is 12.6 Å². The Balaban J connectivity index is 0.000000948. The van der Waals surface area contributed by atoms with Crippen LogP contribution in [0.4, 0.5) is 0 Å². The zero-order chi connectivity index (χ0) is 18.9. The SMILES string of the molecule is CC(C)(N)c1cccn2c(C3(c4ccc(Cl)cc4)CCC3)nnc12.CS. The number of hydrogen-bond donors (Lipinski definition) is 2. The van der Waals surface area contributed by atoms with Crippen LogP contribution in [0.1, 0.15) is 50.1 Å². The van der Waals surface area contributed by atoms with Crippen molar-refractivity contribution in [2.24, 2.45) is 5.73 Å². The molecule has 0 unspecified atom stereocenters. The van der Waals surface area contributed by atoms with E-state index in [0.717, 1.165) is 34.9 Å². The molecule has 2 N–H and O–H groups in total. The van der Waals surface area contributed by atoms with E-state index < -0.39 is 5.54 Å².